The minimum absolute atomic E-state index is 0.0519. The van der Waals surface area contributed by atoms with Crippen molar-refractivity contribution >= 4 is 11.9 Å². The van der Waals surface area contributed by atoms with Crippen molar-refractivity contribution in [3.05, 3.63) is 60.1 Å². The summed E-state index contributed by atoms with van der Waals surface area (Å²) in [6.45, 7) is 2.94. The maximum Gasteiger partial charge on any atom is 0.315 e. The number of urea groups is 1. The summed E-state index contributed by atoms with van der Waals surface area (Å²) < 4.78 is 5.10. The van der Waals surface area contributed by atoms with Crippen LogP contribution in [0.3, 0.4) is 0 Å². The highest BCUT2D eigenvalue weighted by Crippen LogP contribution is 2.17. The molecule has 0 unspecified atom stereocenters. The first-order chi connectivity index (χ1) is 11.6. The van der Waals surface area contributed by atoms with Crippen LogP contribution in [0.15, 0.2) is 53.1 Å². The molecule has 2 aromatic rings. The van der Waals surface area contributed by atoms with Gasteiger partial charge in [0, 0.05) is 6.54 Å². The van der Waals surface area contributed by atoms with Crippen molar-refractivity contribution < 1.29 is 14.0 Å². The molecule has 1 aromatic heterocycles. The molecule has 0 spiro atoms. The van der Waals surface area contributed by atoms with Gasteiger partial charge in [0.25, 0.3) is 0 Å². The van der Waals surface area contributed by atoms with Crippen molar-refractivity contribution in [1.29, 1.82) is 0 Å². The molecule has 0 saturated heterocycles. The third-order valence-corrected chi connectivity index (χ3v) is 3.68. The maximum atomic E-state index is 11.7. The molecule has 3 N–H and O–H groups in total. The summed E-state index contributed by atoms with van der Waals surface area (Å²) in [5.74, 6) is 0.823. The highest BCUT2D eigenvalue weighted by atomic mass is 16.3. The summed E-state index contributed by atoms with van der Waals surface area (Å²) in [4.78, 5) is 23.3. The third kappa shape index (κ3) is 6.16. The maximum absolute atomic E-state index is 11.7. The van der Waals surface area contributed by atoms with Crippen molar-refractivity contribution in [3.8, 4) is 0 Å². The Kier molecular flexibility index (Phi) is 6.89. The fourth-order valence-electron chi connectivity index (χ4n) is 2.24. The third-order valence-electron chi connectivity index (χ3n) is 3.68. The molecular formula is C18H23N3O3. The summed E-state index contributed by atoms with van der Waals surface area (Å²) in [7, 11) is 0. The lowest BCUT2D eigenvalue weighted by Crippen LogP contribution is -2.42. The Morgan fingerprint density at radius 2 is 1.83 bits per heavy atom. The number of amides is 3. The van der Waals surface area contributed by atoms with Gasteiger partial charge in [0.05, 0.1) is 19.4 Å². The first-order valence-corrected chi connectivity index (χ1v) is 8.01. The Morgan fingerprint density at radius 3 is 2.54 bits per heavy atom. The molecule has 128 valence electrons. The van der Waals surface area contributed by atoms with E-state index in [4.69, 9.17) is 4.42 Å². The van der Waals surface area contributed by atoms with E-state index in [2.05, 4.69) is 35.0 Å². The summed E-state index contributed by atoms with van der Waals surface area (Å²) in [6, 6.07) is 13.3. The predicted octanol–water partition coefficient (Wildman–Crippen LogP) is 2.39. The van der Waals surface area contributed by atoms with E-state index in [1.807, 2.05) is 18.2 Å². The summed E-state index contributed by atoms with van der Waals surface area (Å²) in [5.41, 5.74) is 1.25. The van der Waals surface area contributed by atoms with Gasteiger partial charge >= 0.3 is 6.03 Å². The van der Waals surface area contributed by atoms with Gasteiger partial charge in [0.15, 0.2) is 0 Å². The van der Waals surface area contributed by atoms with Crippen LogP contribution in [-0.2, 0) is 11.3 Å². The number of hydrogen-bond acceptors (Lipinski definition) is 3. The quantitative estimate of drug-likeness (QED) is 0.695. The Balaban J connectivity index is 1.57. The van der Waals surface area contributed by atoms with E-state index in [0.717, 1.165) is 6.42 Å². The molecule has 3 amide bonds. The molecule has 1 aromatic carbocycles. The van der Waals surface area contributed by atoms with Crippen LogP contribution < -0.4 is 16.0 Å². The van der Waals surface area contributed by atoms with Crippen molar-refractivity contribution in [3.63, 3.8) is 0 Å². The lowest BCUT2D eigenvalue weighted by Gasteiger charge is -2.12. The lowest BCUT2D eigenvalue weighted by molar-refractivity contribution is -0.120. The smallest absolute Gasteiger partial charge is 0.315 e. The van der Waals surface area contributed by atoms with Crippen molar-refractivity contribution in [2.75, 3.05) is 13.1 Å². The molecule has 0 aliphatic carbocycles. The Hall–Kier alpha value is -2.76. The van der Waals surface area contributed by atoms with E-state index in [1.165, 1.54) is 5.56 Å². The Labute approximate surface area is 141 Å². The normalized spacial score (nSPS) is 11.5. The van der Waals surface area contributed by atoms with Crippen LogP contribution in [0, 0.1) is 0 Å². The van der Waals surface area contributed by atoms with Crippen molar-refractivity contribution in [2.45, 2.75) is 25.8 Å². The van der Waals surface area contributed by atoms with Crippen molar-refractivity contribution in [1.82, 2.24) is 16.0 Å². The molecule has 24 heavy (non-hydrogen) atoms. The van der Waals surface area contributed by atoms with Crippen molar-refractivity contribution in [2.24, 2.45) is 0 Å². The molecule has 0 aliphatic rings. The summed E-state index contributed by atoms with van der Waals surface area (Å²) >= 11 is 0. The van der Waals surface area contributed by atoms with Crippen LogP contribution in [0.5, 0.6) is 0 Å². The summed E-state index contributed by atoms with van der Waals surface area (Å²) in [5, 5.41) is 7.93. The van der Waals surface area contributed by atoms with Crippen LogP contribution in [0.4, 0.5) is 4.79 Å². The fourth-order valence-corrected chi connectivity index (χ4v) is 2.24. The molecular weight excluding hydrogens is 306 g/mol. The molecule has 0 aliphatic heterocycles. The van der Waals surface area contributed by atoms with Gasteiger partial charge < -0.3 is 20.4 Å². The van der Waals surface area contributed by atoms with Crippen LogP contribution in [0.2, 0.25) is 0 Å². The number of carbonyl (C=O) groups is 2. The zero-order valence-electron chi connectivity index (χ0n) is 13.7. The van der Waals surface area contributed by atoms with Crippen LogP contribution in [0.25, 0.3) is 0 Å². The van der Waals surface area contributed by atoms with Crippen LogP contribution in [-0.4, -0.2) is 25.0 Å². The highest BCUT2D eigenvalue weighted by Gasteiger charge is 2.08. The van der Waals surface area contributed by atoms with Crippen LogP contribution in [0.1, 0.15) is 30.6 Å². The molecule has 1 heterocycles. The molecule has 2 rings (SSSR count). The lowest BCUT2D eigenvalue weighted by atomic mass is 9.98. The molecule has 0 bridgehead atoms. The second-order valence-electron chi connectivity index (χ2n) is 5.57. The number of carbonyl (C=O) groups excluding carboxylic acids is 2. The molecule has 6 heteroatoms. The number of benzene rings is 1. The van der Waals surface area contributed by atoms with Gasteiger partial charge in [0.2, 0.25) is 5.91 Å². The number of furan rings is 1. The molecule has 1 atom stereocenters. The van der Waals surface area contributed by atoms with Gasteiger partial charge in [0.1, 0.15) is 5.76 Å². The minimum atomic E-state index is -0.404. The van der Waals surface area contributed by atoms with E-state index in [0.29, 0.717) is 18.2 Å². The Bertz CT molecular complexity index is 626. The average molecular weight is 329 g/mol. The van der Waals surface area contributed by atoms with Gasteiger partial charge in [-0.05, 0) is 30.0 Å². The molecule has 0 saturated carbocycles. The second kappa shape index (κ2) is 9.39. The van der Waals surface area contributed by atoms with Gasteiger partial charge in [-0.2, -0.15) is 0 Å². The molecule has 0 radical (unpaired) electrons. The van der Waals surface area contributed by atoms with Gasteiger partial charge in [-0.1, -0.05) is 37.3 Å². The topological polar surface area (TPSA) is 83.4 Å². The fraction of sp³-hybridized carbons (Fsp3) is 0.333. The van der Waals surface area contributed by atoms with Crippen LogP contribution >= 0.6 is 0 Å². The van der Waals surface area contributed by atoms with E-state index in [9.17, 15) is 9.59 Å². The zero-order chi connectivity index (χ0) is 17.2. The average Bonchev–Trinajstić information content (AvgIpc) is 3.12. The molecule has 6 nitrogen and oxygen atoms in total. The second-order valence-corrected chi connectivity index (χ2v) is 5.57. The first kappa shape index (κ1) is 17.6. The minimum Gasteiger partial charge on any atom is -0.467 e. The largest absolute Gasteiger partial charge is 0.467 e. The SMILES string of the molecule is C[C@H](CCNC(=O)CNC(=O)NCc1ccco1)c1ccccc1. The van der Waals surface area contributed by atoms with E-state index < -0.39 is 6.03 Å². The van der Waals surface area contributed by atoms with Gasteiger partial charge in [-0.3, -0.25) is 4.79 Å². The van der Waals surface area contributed by atoms with E-state index in [1.54, 1.807) is 18.4 Å². The van der Waals surface area contributed by atoms with Gasteiger partial charge in [-0.25, -0.2) is 4.79 Å². The standard InChI is InChI=1S/C18H23N3O3/c1-14(15-6-3-2-4-7-15)9-10-19-17(22)13-21-18(23)20-12-16-8-5-11-24-16/h2-8,11,14H,9-10,12-13H2,1H3,(H,19,22)(H2,20,21,23)/t14-/m1/s1. The molecule has 0 fully saturated rings. The summed E-state index contributed by atoms with van der Waals surface area (Å²) in [6.07, 6.45) is 2.39. The zero-order valence-corrected chi connectivity index (χ0v) is 13.7. The van der Waals surface area contributed by atoms with Gasteiger partial charge in [-0.15, -0.1) is 0 Å². The first-order valence-electron chi connectivity index (χ1n) is 8.01. The number of hydrogen-bond donors (Lipinski definition) is 3. The van der Waals surface area contributed by atoms with E-state index in [-0.39, 0.29) is 19.0 Å². The number of rotatable bonds is 8. The van der Waals surface area contributed by atoms with E-state index >= 15 is 0 Å². The number of nitrogens with one attached hydrogen (secondary N) is 3. The predicted molar refractivity (Wildman–Crippen MR) is 91.4 cm³/mol. The Morgan fingerprint density at radius 1 is 1.04 bits per heavy atom. The monoisotopic (exact) mass is 329 g/mol. The highest BCUT2D eigenvalue weighted by molar-refractivity contribution is 5.83.